The molecule has 110 valence electrons. The SMILES string of the molecule is CCNCC(C)C(=O)C1CCOC2(CCOCC2)C1. The molecule has 0 aromatic carbocycles. The summed E-state index contributed by atoms with van der Waals surface area (Å²) in [7, 11) is 0. The van der Waals surface area contributed by atoms with Crippen molar-refractivity contribution in [1.29, 1.82) is 0 Å². The standard InChI is InChI=1S/C15H27NO3/c1-3-16-11-12(2)14(17)13-4-7-19-15(10-13)5-8-18-9-6-15/h12-13,16H,3-11H2,1-2H3. The summed E-state index contributed by atoms with van der Waals surface area (Å²) in [5.74, 6) is 0.704. The van der Waals surface area contributed by atoms with Gasteiger partial charge in [-0.25, -0.2) is 0 Å². The van der Waals surface area contributed by atoms with E-state index < -0.39 is 0 Å². The second-order valence-corrected chi connectivity index (χ2v) is 5.94. The molecule has 19 heavy (non-hydrogen) atoms. The fourth-order valence-corrected chi connectivity index (χ4v) is 3.23. The van der Waals surface area contributed by atoms with E-state index in [1.54, 1.807) is 0 Å². The topological polar surface area (TPSA) is 47.6 Å². The van der Waals surface area contributed by atoms with Gasteiger partial charge < -0.3 is 14.8 Å². The Kier molecular flexibility index (Phi) is 5.37. The zero-order valence-corrected chi connectivity index (χ0v) is 12.2. The molecule has 0 aliphatic carbocycles. The lowest BCUT2D eigenvalue weighted by atomic mass is 9.77. The van der Waals surface area contributed by atoms with Crippen LogP contribution in [0.5, 0.6) is 0 Å². The molecule has 2 atom stereocenters. The number of carbonyl (C=O) groups excluding carboxylic acids is 1. The van der Waals surface area contributed by atoms with Crippen LogP contribution >= 0.6 is 0 Å². The maximum Gasteiger partial charge on any atom is 0.140 e. The molecule has 2 unspecified atom stereocenters. The maximum atomic E-state index is 12.5. The Hall–Kier alpha value is -0.450. The van der Waals surface area contributed by atoms with Crippen LogP contribution in [0.1, 0.15) is 39.5 Å². The predicted octanol–water partition coefficient (Wildman–Crippen LogP) is 1.78. The van der Waals surface area contributed by atoms with Crippen molar-refractivity contribution in [1.82, 2.24) is 5.32 Å². The minimum Gasteiger partial charge on any atom is -0.381 e. The highest BCUT2D eigenvalue weighted by atomic mass is 16.5. The summed E-state index contributed by atoms with van der Waals surface area (Å²) in [6, 6.07) is 0. The average molecular weight is 269 g/mol. The minimum absolute atomic E-state index is 0.0747. The van der Waals surface area contributed by atoms with Crippen molar-refractivity contribution in [3.63, 3.8) is 0 Å². The second-order valence-electron chi connectivity index (χ2n) is 5.94. The largest absolute Gasteiger partial charge is 0.381 e. The monoisotopic (exact) mass is 269 g/mol. The highest BCUT2D eigenvalue weighted by Gasteiger charge is 2.41. The molecule has 4 nitrogen and oxygen atoms in total. The molecule has 2 rings (SSSR count). The van der Waals surface area contributed by atoms with Crippen molar-refractivity contribution in [3.05, 3.63) is 0 Å². The van der Waals surface area contributed by atoms with E-state index in [-0.39, 0.29) is 17.4 Å². The van der Waals surface area contributed by atoms with Gasteiger partial charge in [0.15, 0.2) is 0 Å². The van der Waals surface area contributed by atoms with Gasteiger partial charge in [-0.2, -0.15) is 0 Å². The highest BCUT2D eigenvalue weighted by Crippen LogP contribution is 2.38. The van der Waals surface area contributed by atoms with Crippen LogP contribution in [0.3, 0.4) is 0 Å². The molecule has 2 saturated heterocycles. The van der Waals surface area contributed by atoms with E-state index in [0.29, 0.717) is 5.78 Å². The van der Waals surface area contributed by atoms with Gasteiger partial charge in [-0.15, -0.1) is 0 Å². The normalized spacial score (nSPS) is 28.2. The number of hydrogen-bond donors (Lipinski definition) is 1. The van der Waals surface area contributed by atoms with E-state index in [1.165, 1.54) is 0 Å². The van der Waals surface area contributed by atoms with Crippen LogP contribution in [0, 0.1) is 11.8 Å². The van der Waals surface area contributed by atoms with Crippen molar-refractivity contribution in [3.8, 4) is 0 Å². The molecular formula is C15H27NO3. The van der Waals surface area contributed by atoms with Gasteiger partial charge >= 0.3 is 0 Å². The molecule has 1 N–H and O–H groups in total. The summed E-state index contributed by atoms with van der Waals surface area (Å²) in [4.78, 5) is 12.5. The lowest BCUT2D eigenvalue weighted by molar-refractivity contribution is -0.158. The zero-order valence-electron chi connectivity index (χ0n) is 12.2. The number of rotatable bonds is 5. The first-order chi connectivity index (χ1) is 9.17. The van der Waals surface area contributed by atoms with Gasteiger partial charge in [0, 0.05) is 38.2 Å². The molecule has 2 aliphatic heterocycles. The number of hydrogen-bond acceptors (Lipinski definition) is 4. The molecule has 1 spiro atoms. The molecule has 0 saturated carbocycles. The fourth-order valence-electron chi connectivity index (χ4n) is 3.23. The van der Waals surface area contributed by atoms with Gasteiger partial charge in [0.1, 0.15) is 5.78 Å². The summed E-state index contributed by atoms with van der Waals surface area (Å²) >= 11 is 0. The lowest BCUT2D eigenvalue weighted by Gasteiger charge is -2.43. The molecular weight excluding hydrogens is 242 g/mol. The summed E-state index contributed by atoms with van der Waals surface area (Å²) in [5.41, 5.74) is -0.0747. The van der Waals surface area contributed by atoms with Gasteiger partial charge in [-0.05, 0) is 32.2 Å². The first-order valence-electron chi connectivity index (χ1n) is 7.63. The Balaban J connectivity index is 1.91. The molecule has 2 heterocycles. The first-order valence-corrected chi connectivity index (χ1v) is 7.63. The van der Waals surface area contributed by atoms with Crippen molar-refractivity contribution >= 4 is 5.78 Å². The van der Waals surface area contributed by atoms with Crippen LogP contribution < -0.4 is 5.32 Å². The Morgan fingerprint density at radius 2 is 2.11 bits per heavy atom. The van der Waals surface area contributed by atoms with Gasteiger partial charge in [0.25, 0.3) is 0 Å². The van der Waals surface area contributed by atoms with Crippen LogP contribution in [0.15, 0.2) is 0 Å². The quantitative estimate of drug-likeness (QED) is 0.826. The fraction of sp³-hybridized carbons (Fsp3) is 0.933. The van der Waals surface area contributed by atoms with Gasteiger partial charge in [0.2, 0.25) is 0 Å². The highest BCUT2D eigenvalue weighted by molar-refractivity contribution is 5.83. The number of ether oxygens (including phenoxy) is 2. The van der Waals surface area contributed by atoms with Crippen LogP contribution in [-0.4, -0.2) is 44.3 Å². The van der Waals surface area contributed by atoms with Gasteiger partial charge in [-0.3, -0.25) is 4.79 Å². The number of ketones is 1. The average Bonchev–Trinajstić information content (AvgIpc) is 2.45. The third kappa shape index (κ3) is 3.77. The zero-order chi connectivity index (χ0) is 13.7. The van der Waals surface area contributed by atoms with Crippen molar-refractivity contribution in [2.45, 2.75) is 45.1 Å². The van der Waals surface area contributed by atoms with Gasteiger partial charge in [-0.1, -0.05) is 13.8 Å². The molecule has 2 fully saturated rings. The maximum absolute atomic E-state index is 12.5. The van der Waals surface area contributed by atoms with Crippen molar-refractivity contribution < 1.29 is 14.3 Å². The van der Waals surface area contributed by atoms with E-state index in [2.05, 4.69) is 12.2 Å². The van der Waals surface area contributed by atoms with E-state index in [4.69, 9.17) is 9.47 Å². The van der Waals surface area contributed by atoms with Gasteiger partial charge in [0.05, 0.1) is 5.60 Å². The summed E-state index contributed by atoms with van der Waals surface area (Å²) in [6.45, 7) is 8.10. The first kappa shape index (κ1) is 14.9. The smallest absolute Gasteiger partial charge is 0.140 e. The molecule has 0 bridgehead atoms. The van der Waals surface area contributed by atoms with Crippen molar-refractivity contribution in [2.75, 3.05) is 32.9 Å². The van der Waals surface area contributed by atoms with Crippen LogP contribution in [-0.2, 0) is 14.3 Å². The lowest BCUT2D eigenvalue weighted by Crippen LogP contribution is -2.47. The second kappa shape index (κ2) is 6.82. The minimum atomic E-state index is -0.0747. The van der Waals surface area contributed by atoms with Crippen molar-refractivity contribution in [2.24, 2.45) is 11.8 Å². The summed E-state index contributed by atoms with van der Waals surface area (Å²) < 4.78 is 11.4. The molecule has 2 aliphatic rings. The summed E-state index contributed by atoms with van der Waals surface area (Å²) in [5, 5.41) is 3.27. The predicted molar refractivity (Wildman–Crippen MR) is 74.2 cm³/mol. The Morgan fingerprint density at radius 1 is 1.37 bits per heavy atom. The Bertz CT molecular complexity index is 294. The Morgan fingerprint density at radius 3 is 2.79 bits per heavy atom. The van der Waals surface area contributed by atoms with E-state index in [0.717, 1.165) is 58.6 Å². The van der Waals surface area contributed by atoms with Crippen LogP contribution in [0.2, 0.25) is 0 Å². The number of nitrogens with one attached hydrogen (secondary N) is 1. The van der Waals surface area contributed by atoms with E-state index in [9.17, 15) is 4.79 Å². The third-order valence-electron chi connectivity index (χ3n) is 4.49. The molecule has 0 amide bonds. The third-order valence-corrected chi connectivity index (χ3v) is 4.49. The summed E-state index contributed by atoms with van der Waals surface area (Å²) in [6.07, 6.45) is 3.67. The van der Waals surface area contributed by atoms with Crippen LogP contribution in [0.25, 0.3) is 0 Å². The molecule has 4 heteroatoms. The molecule has 0 radical (unpaired) electrons. The Labute approximate surface area is 116 Å². The van der Waals surface area contributed by atoms with E-state index >= 15 is 0 Å². The molecule has 0 aromatic rings. The number of carbonyl (C=O) groups is 1. The van der Waals surface area contributed by atoms with Crippen LogP contribution in [0.4, 0.5) is 0 Å². The molecule has 0 aromatic heterocycles. The van der Waals surface area contributed by atoms with E-state index in [1.807, 2.05) is 6.92 Å². The number of Topliss-reactive ketones (excluding diaryl/α,β-unsaturated/α-hetero) is 1.